The number of nitrogen functional groups attached to an aromatic ring is 1. The van der Waals surface area contributed by atoms with E-state index in [0.29, 0.717) is 23.6 Å². The van der Waals surface area contributed by atoms with Crippen LogP contribution < -0.4 is 10.6 Å². The highest BCUT2D eigenvalue weighted by Gasteiger charge is 2.39. The molecule has 6 heteroatoms. The predicted octanol–water partition coefficient (Wildman–Crippen LogP) is 7.10. The van der Waals surface area contributed by atoms with E-state index in [1.54, 1.807) is 6.07 Å². The number of aromatic carboxylic acids is 1. The van der Waals surface area contributed by atoms with Crippen molar-refractivity contribution < 1.29 is 14.3 Å². The van der Waals surface area contributed by atoms with Crippen molar-refractivity contribution in [1.29, 1.82) is 0 Å². The summed E-state index contributed by atoms with van der Waals surface area (Å²) in [7, 11) is 0. The Labute approximate surface area is 211 Å². The summed E-state index contributed by atoms with van der Waals surface area (Å²) in [5, 5.41) is 9.36. The SMILES string of the molecule is CCN1c2ccc(N)cc2N=C(c2ccc(C(=O)O)cc2F)c2cc3c(cc21)C(C)(C)CCC3(C)C. The molecule has 0 fully saturated rings. The Morgan fingerprint density at radius 1 is 0.972 bits per heavy atom. The fraction of sp³-hybridized carbons (Fsp3) is 0.333. The van der Waals surface area contributed by atoms with Crippen molar-refractivity contribution in [3.05, 3.63) is 82.2 Å². The molecule has 0 atom stereocenters. The highest BCUT2D eigenvalue weighted by Crippen LogP contribution is 2.50. The van der Waals surface area contributed by atoms with Crippen LogP contribution in [-0.4, -0.2) is 23.3 Å². The Morgan fingerprint density at radius 3 is 2.25 bits per heavy atom. The summed E-state index contributed by atoms with van der Waals surface area (Å²) in [6.07, 6.45) is 2.13. The number of fused-ring (bicyclic) bond motifs is 3. The first-order chi connectivity index (χ1) is 16.9. The number of hydrogen-bond acceptors (Lipinski definition) is 4. The first kappa shape index (κ1) is 24.0. The number of carbonyl (C=O) groups is 1. The van der Waals surface area contributed by atoms with Gasteiger partial charge >= 0.3 is 5.97 Å². The Morgan fingerprint density at radius 2 is 1.64 bits per heavy atom. The van der Waals surface area contributed by atoms with Gasteiger partial charge in [0.2, 0.25) is 0 Å². The minimum atomic E-state index is -1.17. The highest BCUT2D eigenvalue weighted by atomic mass is 19.1. The van der Waals surface area contributed by atoms with Crippen molar-refractivity contribution in [3.8, 4) is 0 Å². The number of aliphatic imine (C=N–C) groups is 1. The summed E-state index contributed by atoms with van der Waals surface area (Å²) < 4.78 is 15.5. The lowest BCUT2D eigenvalue weighted by atomic mass is 9.62. The van der Waals surface area contributed by atoms with Crippen LogP contribution in [0.1, 0.15) is 80.1 Å². The van der Waals surface area contributed by atoms with E-state index in [4.69, 9.17) is 10.7 Å². The van der Waals surface area contributed by atoms with E-state index in [1.807, 2.05) is 12.1 Å². The predicted molar refractivity (Wildman–Crippen MR) is 144 cm³/mol. The lowest BCUT2D eigenvalue weighted by Crippen LogP contribution is -2.35. The van der Waals surface area contributed by atoms with Crippen LogP contribution in [0.2, 0.25) is 0 Å². The molecule has 5 rings (SSSR count). The van der Waals surface area contributed by atoms with Gasteiger partial charge < -0.3 is 15.7 Å². The van der Waals surface area contributed by atoms with Crippen molar-refractivity contribution in [3.63, 3.8) is 0 Å². The van der Waals surface area contributed by atoms with Gasteiger partial charge in [-0.2, -0.15) is 0 Å². The van der Waals surface area contributed by atoms with Crippen LogP contribution in [0.25, 0.3) is 0 Å². The molecule has 0 saturated carbocycles. The van der Waals surface area contributed by atoms with Crippen LogP contribution in [0, 0.1) is 5.82 Å². The molecule has 0 amide bonds. The molecule has 0 saturated heterocycles. The smallest absolute Gasteiger partial charge is 0.335 e. The topological polar surface area (TPSA) is 78.9 Å². The van der Waals surface area contributed by atoms with Crippen molar-refractivity contribution in [2.75, 3.05) is 17.2 Å². The first-order valence-corrected chi connectivity index (χ1v) is 12.4. The van der Waals surface area contributed by atoms with Gasteiger partial charge in [-0.15, -0.1) is 0 Å². The maximum absolute atomic E-state index is 15.5. The molecular weight excluding hydrogens is 453 g/mol. The van der Waals surface area contributed by atoms with Crippen LogP contribution in [-0.2, 0) is 10.8 Å². The van der Waals surface area contributed by atoms with E-state index < -0.39 is 11.8 Å². The number of carboxylic acids is 1. The molecule has 3 aromatic rings. The highest BCUT2D eigenvalue weighted by molar-refractivity contribution is 6.19. The molecule has 186 valence electrons. The second kappa shape index (κ2) is 8.19. The second-order valence-corrected chi connectivity index (χ2v) is 11.1. The van der Waals surface area contributed by atoms with Crippen LogP contribution in [0.3, 0.4) is 0 Å². The van der Waals surface area contributed by atoms with Crippen LogP contribution in [0.15, 0.2) is 53.5 Å². The van der Waals surface area contributed by atoms with Crippen LogP contribution >= 0.6 is 0 Å². The maximum Gasteiger partial charge on any atom is 0.335 e. The lowest BCUT2D eigenvalue weighted by Gasteiger charge is -2.43. The summed E-state index contributed by atoms with van der Waals surface area (Å²) in [6.45, 7) is 11.9. The van der Waals surface area contributed by atoms with Crippen molar-refractivity contribution in [1.82, 2.24) is 0 Å². The summed E-state index contributed by atoms with van der Waals surface area (Å²) in [5.74, 6) is -1.79. The average Bonchev–Trinajstić information content (AvgIpc) is 2.95. The molecule has 5 nitrogen and oxygen atoms in total. The third-order valence-corrected chi connectivity index (χ3v) is 7.82. The Kier molecular flexibility index (Phi) is 5.47. The van der Waals surface area contributed by atoms with Gasteiger partial charge in [-0.3, -0.25) is 0 Å². The number of hydrogen-bond donors (Lipinski definition) is 2. The monoisotopic (exact) mass is 485 g/mol. The Hall–Kier alpha value is -3.67. The standard InChI is InChI=1S/C30H32FN3O2/c1-6-34-25-10-8-18(32)14-24(25)33-27(19-9-7-17(28(35)36)13-23(19)31)20-15-21-22(16-26(20)34)30(4,5)12-11-29(21,2)3/h7-10,13-16H,6,11-12,32H2,1-5H3,(H,35,36). The summed E-state index contributed by atoms with van der Waals surface area (Å²) in [5.41, 5.74) is 13.2. The lowest BCUT2D eigenvalue weighted by molar-refractivity contribution is 0.0696. The molecule has 3 aromatic carbocycles. The number of halogens is 1. The van der Waals surface area contributed by atoms with Gasteiger partial charge in [0.05, 0.1) is 28.3 Å². The summed E-state index contributed by atoms with van der Waals surface area (Å²) >= 11 is 0. The summed E-state index contributed by atoms with van der Waals surface area (Å²) in [4.78, 5) is 18.6. The normalized spacial score (nSPS) is 17.4. The molecule has 0 aromatic heterocycles. The van der Waals surface area contributed by atoms with Gasteiger partial charge in [0.15, 0.2) is 0 Å². The third-order valence-electron chi connectivity index (χ3n) is 7.82. The van der Waals surface area contributed by atoms with E-state index in [9.17, 15) is 9.90 Å². The zero-order valence-corrected chi connectivity index (χ0v) is 21.4. The van der Waals surface area contributed by atoms with Crippen LogP contribution in [0.5, 0.6) is 0 Å². The molecule has 2 aliphatic rings. The van der Waals surface area contributed by atoms with Gasteiger partial charge in [0.25, 0.3) is 0 Å². The number of nitrogens with zero attached hydrogens (tertiary/aromatic N) is 2. The Balaban J connectivity index is 1.87. The van der Waals surface area contributed by atoms with E-state index in [1.165, 1.54) is 23.3 Å². The van der Waals surface area contributed by atoms with Crippen molar-refractivity contribution >= 4 is 34.4 Å². The van der Waals surface area contributed by atoms with E-state index in [-0.39, 0.29) is 22.0 Å². The molecule has 0 spiro atoms. The minimum absolute atomic E-state index is 0.00123. The molecule has 1 aliphatic heterocycles. The number of anilines is 3. The molecule has 0 radical (unpaired) electrons. The average molecular weight is 486 g/mol. The molecule has 1 aliphatic carbocycles. The van der Waals surface area contributed by atoms with E-state index >= 15 is 4.39 Å². The molecule has 0 unspecified atom stereocenters. The van der Waals surface area contributed by atoms with E-state index in [0.717, 1.165) is 35.8 Å². The molecule has 0 bridgehead atoms. The third kappa shape index (κ3) is 3.76. The van der Waals surface area contributed by atoms with Gasteiger partial charge in [-0.1, -0.05) is 27.7 Å². The zero-order valence-electron chi connectivity index (χ0n) is 21.4. The van der Waals surface area contributed by atoms with Gasteiger partial charge in [0.1, 0.15) is 5.82 Å². The Bertz CT molecular complexity index is 1440. The van der Waals surface area contributed by atoms with E-state index in [2.05, 4.69) is 51.7 Å². The number of benzene rings is 3. The van der Waals surface area contributed by atoms with Crippen molar-refractivity contribution in [2.24, 2.45) is 4.99 Å². The molecule has 36 heavy (non-hydrogen) atoms. The molecule has 3 N–H and O–H groups in total. The van der Waals surface area contributed by atoms with Gasteiger partial charge in [-0.05, 0) is 90.3 Å². The molecule has 1 heterocycles. The van der Waals surface area contributed by atoms with Crippen molar-refractivity contribution in [2.45, 2.75) is 58.3 Å². The summed E-state index contributed by atoms with van der Waals surface area (Å²) in [6, 6.07) is 14.1. The number of nitrogens with two attached hydrogens (primary N) is 1. The quantitative estimate of drug-likeness (QED) is 0.388. The van der Waals surface area contributed by atoms with Gasteiger partial charge in [0, 0.05) is 23.4 Å². The molecular formula is C30H32FN3O2. The first-order valence-electron chi connectivity index (χ1n) is 12.4. The largest absolute Gasteiger partial charge is 0.478 e. The van der Waals surface area contributed by atoms with Crippen LogP contribution in [0.4, 0.5) is 27.1 Å². The number of rotatable bonds is 3. The minimum Gasteiger partial charge on any atom is -0.478 e. The second-order valence-electron chi connectivity index (χ2n) is 11.1. The zero-order chi connectivity index (χ0) is 26.0. The maximum atomic E-state index is 15.5. The fourth-order valence-corrected chi connectivity index (χ4v) is 5.57. The number of carboxylic acid groups (broad SMARTS) is 1. The fourth-order valence-electron chi connectivity index (χ4n) is 5.57. The van der Waals surface area contributed by atoms with Gasteiger partial charge in [-0.25, -0.2) is 14.2 Å².